The lowest BCUT2D eigenvalue weighted by molar-refractivity contribution is -0.160. The molecule has 1 aromatic carbocycles. The van der Waals surface area contributed by atoms with Crippen molar-refractivity contribution in [2.75, 3.05) is 6.54 Å². The van der Waals surface area contributed by atoms with Gasteiger partial charge in [0.2, 0.25) is 21.7 Å². The zero-order valence-electron chi connectivity index (χ0n) is 31.6. The Labute approximate surface area is 313 Å². The van der Waals surface area contributed by atoms with Crippen LogP contribution in [0.15, 0.2) is 18.2 Å². The van der Waals surface area contributed by atoms with E-state index in [0.29, 0.717) is 24.0 Å². The Morgan fingerprint density at radius 2 is 1.74 bits per heavy atom. The minimum atomic E-state index is -4.06. The zero-order chi connectivity index (χ0) is 40.1. The van der Waals surface area contributed by atoms with Crippen LogP contribution in [0.3, 0.4) is 0 Å². The quantitative estimate of drug-likeness (QED) is 0.226. The van der Waals surface area contributed by atoms with E-state index in [1.807, 2.05) is 0 Å². The molecular formula is C36H50FN5O11S. The van der Waals surface area contributed by atoms with Gasteiger partial charge in [0, 0.05) is 36.8 Å². The summed E-state index contributed by atoms with van der Waals surface area (Å²) in [5.74, 6) is -5.79. The molecule has 4 N–H and O–H groups in total. The Bertz CT molecular complexity index is 1830. The summed E-state index contributed by atoms with van der Waals surface area (Å²) in [6.07, 6.45) is -3.11. The van der Waals surface area contributed by atoms with Crippen LogP contribution >= 0.6 is 0 Å². The third-order valence-corrected chi connectivity index (χ3v) is 12.1. The fourth-order valence-corrected chi connectivity index (χ4v) is 8.56. The van der Waals surface area contributed by atoms with Gasteiger partial charge in [-0.2, -0.15) is 0 Å². The van der Waals surface area contributed by atoms with E-state index in [9.17, 15) is 46.7 Å². The Kier molecular flexibility index (Phi) is 11.1. The van der Waals surface area contributed by atoms with Crippen LogP contribution < -0.4 is 15.4 Å². The van der Waals surface area contributed by atoms with Gasteiger partial charge in [-0.1, -0.05) is 32.9 Å². The predicted octanol–water partition coefficient (Wildman–Crippen LogP) is 2.22. The number of Topliss-reactive ketones (excluding diaryl/α,β-unsaturated/α-hetero) is 1. The number of benzene rings is 1. The number of alkyl carbamates (subject to hydrolysis) is 1. The third-order valence-electron chi connectivity index (χ3n) is 10.3. The maximum Gasteiger partial charge on any atom is 0.410 e. The van der Waals surface area contributed by atoms with Crippen molar-refractivity contribution in [1.29, 1.82) is 0 Å². The number of nitrogens with zero attached hydrogens (tertiary/aromatic N) is 2. The average molecular weight is 780 g/mol. The second-order valence-corrected chi connectivity index (χ2v) is 18.3. The van der Waals surface area contributed by atoms with Crippen molar-refractivity contribution in [2.45, 2.75) is 128 Å². The molecule has 1 saturated heterocycles. The first-order valence-corrected chi connectivity index (χ1v) is 19.7. The minimum absolute atomic E-state index is 0.0519. The number of likely N-dealkylation sites (tertiary alicyclic amines) is 1. The highest BCUT2D eigenvalue weighted by molar-refractivity contribution is 7.91. The molecule has 4 aliphatic rings. The summed E-state index contributed by atoms with van der Waals surface area (Å²) in [6, 6.07) is 2.96. The fourth-order valence-electron chi connectivity index (χ4n) is 7.20. The first-order chi connectivity index (χ1) is 25.0. The van der Waals surface area contributed by atoms with E-state index in [1.165, 1.54) is 24.0 Å². The highest BCUT2D eigenvalue weighted by Crippen LogP contribution is 2.50. The number of ether oxygens (including phenoxy) is 2. The number of fused-ring (bicyclic) bond motifs is 1. The molecule has 3 fully saturated rings. The molecule has 298 valence electrons. The topological polar surface area (TPSA) is 218 Å². The van der Waals surface area contributed by atoms with Crippen LogP contribution in [0.4, 0.5) is 14.0 Å². The van der Waals surface area contributed by atoms with Gasteiger partial charge in [-0.05, 0) is 64.5 Å². The molecule has 0 bridgehead atoms. The van der Waals surface area contributed by atoms with Gasteiger partial charge >= 0.3 is 12.2 Å². The zero-order valence-corrected chi connectivity index (χ0v) is 32.4. The van der Waals surface area contributed by atoms with Crippen molar-refractivity contribution in [1.82, 2.24) is 25.2 Å². The van der Waals surface area contributed by atoms with Gasteiger partial charge in [-0.15, -0.1) is 0 Å². The Morgan fingerprint density at radius 1 is 1.07 bits per heavy atom. The number of amides is 5. The number of hydrogen-bond donors (Lipinski definition) is 4. The SMILES string of the molecule is CC(=O)C(C)C1CC1(NC(=O)C1CC(OC(=O)N2Cc3cccc(F)c3C2)CN1C(=O)C(O)(CC(C)C)NC(=O)OC(C)(C)C)C(=O)NS(=O)(=O)C1CC1. The number of carbonyl (C=O) groups is 6. The summed E-state index contributed by atoms with van der Waals surface area (Å²) in [5, 5.41) is 15.9. The Hall–Kier alpha value is -4.32. The number of nitrogens with one attached hydrogen (secondary N) is 3. The normalized spacial score (nSPS) is 25.3. The lowest BCUT2D eigenvalue weighted by Crippen LogP contribution is -2.64. The van der Waals surface area contributed by atoms with Gasteiger partial charge in [0.15, 0.2) is 0 Å². The second kappa shape index (κ2) is 14.7. The number of rotatable bonds is 12. The monoisotopic (exact) mass is 779 g/mol. The first-order valence-electron chi connectivity index (χ1n) is 18.1. The smallest absolute Gasteiger partial charge is 0.410 e. The molecule has 6 atom stereocenters. The van der Waals surface area contributed by atoms with E-state index >= 15 is 0 Å². The molecular weight excluding hydrogens is 729 g/mol. The molecule has 2 heterocycles. The highest BCUT2D eigenvalue weighted by Gasteiger charge is 2.65. The van der Waals surface area contributed by atoms with Crippen molar-refractivity contribution in [3.8, 4) is 0 Å². The predicted molar refractivity (Wildman–Crippen MR) is 189 cm³/mol. The van der Waals surface area contributed by atoms with Gasteiger partial charge in [0.25, 0.3) is 11.8 Å². The molecule has 18 heteroatoms. The summed E-state index contributed by atoms with van der Waals surface area (Å²) < 4.78 is 53.1. The standard InChI is InChI=1S/C36H50FN5O11S/c1-19(2)14-36(49,39-32(47)53-34(5,6)7)31(46)42-17-23(52-33(48)41-16-22-9-8-10-27(37)25(22)18-41)13-28(42)29(44)38-35(15-26(35)20(3)21(4)43)30(45)40-54(50,51)24-11-12-24/h8-10,19-20,23-24,26,28,49H,11-18H2,1-7H3,(H,38,44)(H,39,47)(H,40,45). The van der Waals surface area contributed by atoms with Gasteiger partial charge in [0.1, 0.15) is 34.9 Å². The number of sulfonamides is 1. The maximum absolute atomic E-state index is 14.4. The lowest BCUT2D eigenvalue weighted by atomic mass is 9.97. The molecule has 2 aliphatic carbocycles. The van der Waals surface area contributed by atoms with E-state index in [0.717, 1.165) is 4.90 Å². The van der Waals surface area contributed by atoms with Crippen molar-refractivity contribution >= 4 is 45.7 Å². The molecule has 5 amide bonds. The van der Waals surface area contributed by atoms with Gasteiger partial charge in [0.05, 0.1) is 18.3 Å². The van der Waals surface area contributed by atoms with E-state index in [1.54, 1.807) is 47.6 Å². The van der Waals surface area contributed by atoms with Crippen LogP contribution in [0.1, 0.15) is 91.7 Å². The van der Waals surface area contributed by atoms with Gasteiger partial charge < -0.3 is 24.8 Å². The summed E-state index contributed by atoms with van der Waals surface area (Å²) in [6.45, 7) is 10.5. The fraction of sp³-hybridized carbons (Fsp3) is 0.667. The first kappa shape index (κ1) is 40.9. The van der Waals surface area contributed by atoms with E-state index in [4.69, 9.17) is 9.47 Å². The summed E-state index contributed by atoms with van der Waals surface area (Å²) in [5.41, 5.74) is -4.53. The minimum Gasteiger partial charge on any atom is -0.444 e. The van der Waals surface area contributed by atoms with E-state index < -0.39 is 98.4 Å². The average Bonchev–Trinajstić information content (AvgIpc) is 3.93. The lowest BCUT2D eigenvalue weighted by Gasteiger charge is -2.36. The number of ketones is 1. The third kappa shape index (κ3) is 8.80. The van der Waals surface area contributed by atoms with Crippen LogP contribution in [0, 0.1) is 23.6 Å². The van der Waals surface area contributed by atoms with Crippen molar-refractivity contribution in [3.05, 3.63) is 35.1 Å². The molecule has 2 saturated carbocycles. The van der Waals surface area contributed by atoms with Crippen LogP contribution in [-0.4, -0.2) is 99.8 Å². The number of hydrogen-bond acceptors (Lipinski definition) is 11. The molecule has 54 heavy (non-hydrogen) atoms. The second-order valence-electron chi connectivity index (χ2n) is 16.4. The molecule has 0 aromatic heterocycles. The molecule has 1 aromatic rings. The number of aliphatic hydroxyl groups is 1. The van der Waals surface area contributed by atoms with Crippen LogP contribution in [0.5, 0.6) is 0 Å². The summed E-state index contributed by atoms with van der Waals surface area (Å²) >= 11 is 0. The van der Waals surface area contributed by atoms with E-state index in [-0.39, 0.29) is 44.1 Å². The molecule has 6 unspecified atom stereocenters. The Morgan fingerprint density at radius 3 is 2.31 bits per heavy atom. The van der Waals surface area contributed by atoms with Crippen molar-refractivity contribution in [2.24, 2.45) is 17.8 Å². The van der Waals surface area contributed by atoms with Crippen LogP contribution in [-0.2, 0) is 51.8 Å². The number of carbonyl (C=O) groups excluding carboxylic acids is 6. The van der Waals surface area contributed by atoms with Crippen LogP contribution in [0.25, 0.3) is 0 Å². The van der Waals surface area contributed by atoms with Crippen molar-refractivity contribution in [3.63, 3.8) is 0 Å². The van der Waals surface area contributed by atoms with Crippen molar-refractivity contribution < 1.29 is 56.2 Å². The molecule has 0 radical (unpaired) electrons. The van der Waals surface area contributed by atoms with Crippen LogP contribution in [0.2, 0.25) is 0 Å². The molecule has 0 spiro atoms. The summed E-state index contributed by atoms with van der Waals surface area (Å²) in [4.78, 5) is 83.2. The van der Waals surface area contributed by atoms with E-state index in [2.05, 4.69) is 15.4 Å². The largest absolute Gasteiger partial charge is 0.444 e. The van der Waals surface area contributed by atoms with Gasteiger partial charge in [-0.25, -0.2) is 22.4 Å². The Balaban J connectivity index is 1.43. The molecule has 16 nitrogen and oxygen atoms in total. The maximum atomic E-state index is 14.4. The van der Waals surface area contributed by atoms with Gasteiger partial charge in [-0.3, -0.25) is 34.1 Å². The molecule has 2 aliphatic heterocycles. The number of halogens is 1. The summed E-state index contributed by atoms with van der Waals surface area (Å²) in [7, 11) is -4.06. The highest BCUT2D eigenvalue weighted by atomic mass is 32.2. The molecule has 5 rings (SSSR count).